The SMILES string of the molecule is CC(C)(C)c1ccc(-c2nnc(-c3ccc4c(c3)-c3cccc[n+]3C3(C)CCC43C)o2)cc1. The van der Waals surface area contributed by atoms with Gasteiger partial charge in [0.15, 0.2) is 11.7 Å². The van der Waals surface area contributed by atoms with E-state index in [0.29, 0.717) is 11.8 Å². The molecule has 1 aliphatic heterocycles. The molecule has 1 aliphatic carbocycles. The Kier molecular flexibility index (Phi) is 4.09. The molecule has 6 rings (SSSR count). The molecule has 1 fully saturated rings. The van der Waals surface area contributed by atoms with Crippen LogP contribution in [-0.2, 0) is 16.4 Å². The summed E-state index contributed by atoms with van der Waals surface area (Å²) in [5, 5.41) is 8.75. The van der Waals surface area contributed by atoms with Crippen LogP contribution >= 0.6 is 0 Å². The zero-order valence-electron chi connectivity index (χ0n) is 20.0. The van der Waals surface area contributed by atoms with Crippen molar-refractivity contribution in [1.29, 1.82) is 0 Å². The molecule has 2 unspecified atom stereocenters. The molecular formula is C29H30N3O+. The molecule has 166 valence electrons. The summed E-state index contributed by atoms with van der Waals surface area (Å²) in [6.45, 7) is 11.4. The number of benzene rings is 2. The van der Waals surface area contributed by atoms with Gasteiger partial charge in [0.2, 0.25) is 17.5 Å². The van der Waals surface area contributed by atoms with Gasteiger partial charge in [-0.05, 0) is 60.2 Å². The molecule has 2 aromatic carbocycles. The number of aromatic nitrogens is 3. The topological polar surface area (TPSA) is 42.8 Å². The summed E-state index contributed by atoms with van der Waals surface area (Å²) in [5.41, 5.74) is 7.50. The Morgan fingerprint density at radius 3 is 2.21 bits per heavy atom. The maximum Gasteiger partial charge on any atom is 0.248 e. The minimum Gasteiger partial charge on any atom is -0.416 e. The van der Waals surface area contributed by atoms with Crippen molar-refractivity contribution < 1.29 is 8.98 Å². The lowest BCUT2D eigenvalue weighted by molar-refractivity contribution is -0.778. The van der Waals surface area contributed by atoms with Crippen LogP contribution in [-0.4, -0.2) is 10.2 Å². The molecule has 4 nitrogen and oxygen atoms in total. The van der Waals surface area contributed by atoms with E-state index in [-0.39, 0.29) is 16.4 Å². The fourth-order valence-corrected chi connectivity index (χ4v) is 5.71. The van der Waals surface area contributed by atoms with Gasteiger partial charge in [0.1, 0.15) is 0 Å². The lowest BCUT2D eigenvalue weighted by Gasteiger charge is -2.54. The van der Waals surface area contributed by atoms with Gasteiger partial charge in [-0.15, -0.1) is 10.2 Å². The Balaban J connectivity index is 1.40. The Morgan fingerprint density at radius 1 is 0.848 bits per heavy atom. The fraction of sp³-hybridized carbons (Fsp3) is 0.345. The monoisotopic (exact) mass is 436 g/mol. The van der Waals surface area contributed by atoms with E-state index in [1.54, 1.807) is 0 Å². The first-order chi connectivity index (χ1) is 15.7. The minimum atomic E-state index is 0.114. The van der Waals surface area contributed by atoms with Crippen molar-refractivity contribution in [2.24, 2.45) is 0 Å². The van der Waals surface area contributed by atoms with Crippen molar-refractivity contribution in [2.45, 2.75) is 63.8 Å². The number of nitrogens with zero attached hydrogens (tertiary/aromatic N) is 3. The largest absolute Gasteiger partial charge is 0.416 e. The number of rotatable bonds is 2. The predicted octanol–water partition coefficient (Wildman–Crippen LogP) is 6.44. The highest BCUT2D eigenvalue weighted by Crippen LogP contribution is 2.58. The molecule has 2 atom stereocenters. The van der Waals surface area contributed by atoms with Crippen molar-refractivity contribution in [1.82, 2.24) is 10.2 Å². The number of pyridine rings is 1. The third-order valence-electron chi connectivity index (χ3n) is 8.25. The highest BCUT2D eigenvalue weighted by atomic mass is 16.4. The van der Waals surface area contributed by atoms with Crippen LogP contribution in [0.3, 0.4) is 0 Å². The number of hydrogen-bond donors (Lipinski definition) is 0. The van der Waals surface area contributed by atoms with E-state index in [4.69, 9.17) is 4.42 Å². The number of hydrogen-bond acceptors (Lipinski definition) is 3. The van der Waals surface area contributed by atoms with Gasteiger partial charge in [0.05, 0.1) is 11.0 Å². The lowest BCUT2D eigenvalue weighted by Crippen LogP contribution is -2.73. The van der Waals surface area contributed by atoms with Crippen molar-refractivity contribution in [2.75, 3.05) is 0 Å². The number of fused-ring (bicyclic) bond motifs is 6. The van der Waals surface area contributed by atoms with Crippen molar-refractivity contribution in [3.05, 3.63) is 78.0 Å². The van der Waals surface area contributed by atoms with Crippen molar-refractivity contribution in [3.63, 3.8) is 0 Å². The first-order valence-corrected chi connectivity index (χ1v) is 11.8. The second-order valence-electron chi connectivity index (χ2n) is 11.1. The van der Waals surface area contributed by atoms with Crippen molar-refractivity contribution in [3.8, 4) is 34.2 Å². The van der Waals surface area contributed by atoms with E-state index in [0.717, 1.165) is 11.1 Å². The average Bonchev–Trinajstić information content (AvgIpc) is 3.31. The smallest absolute Gasteiger partial charge is 0.248 e. The Bertz CT molecular complexity index is 1380. The van der Waals surface area contributed by atoms with Crippen LogP contribution in [0.5, 0.6) is 0 Å². The lowest BCUT2D eigenvalue weighted by atomic mass is 9.51. The van der Waals surface area contributed by atoms with E-state index >= 15 is 0 Å². The zero-order chi connectivity index (χ0) is 23.0. The molecule has 0 N–H and O–H groups in total. The summed E-state index contributed by atoms with van der Waals surface area (Å²) in [6, 6.07) is 21.5. The van der Waals surface area contributed by atoms with Crippen LogP contribution in [0.25, 0.3) is 34.2 Å². The van der Waals surface area contributed by atoms with E-state index in [1.807, 2.05) is 0 Å². The molecule has 4 aromatic rings. The van der Waals surface area contributed by atoms with Gasteiger partial charge in [-0.25, -0.2) is 0 Å². The summed E-state index contributed by atoms with van der Waals surface area (Å²) in [4.78, 5) is 0. The molecule has 2 aliphatic rings. The molecular weight excluding hydrogens is 406 g/mol. The molecule has 0 spiro atoms. The standard InChI is InChI=1S/C29H30N3O/c1-27(2,3)21-12-9-19(10-13-21)25-30-31-26(33-25)20-11-14-23-22(18-20)24-8-6-7-17-32(24)29(5)16-15-28(23,29)4/h6-14,17-18H,15-16H2,1-5H3/q+1. The molecule has 2 aromatic heterocycles. The first kappa shape index (κ1) is 20.3. The maximum atomic E-state index is 6.14. The van der Waals surface area contributed by atoms with Gasteiger partial charge in [-0.3, -0.25) is 0 Å². The molecule has 3 heterocycles. The minimum absolute atomic E-state index is 0.114. The summed E-state index contributed by atoms with van der Waals surface area (Å²) in [5.74, 6) is 1.11. The van der Waals surface area contributed by atoms with E-state index < -0.39 is 0 Å². The van der Waals surface area contributed by atoms with Gasteiger partial charge in [0.25, 0.3) is 0 Å². The second-order valence-corrected chi connectivity index (χ2v) is 11.1. The quantitative estimate of drug-likeness (QED) is 0.340. The van der Waals surface area contributed by atoms with Crippen LogP contribution in [0.15, 0.2) is 71.3 Å². The molecule has 0 amide bonds. The average molecular weight is 437 g/mol. The van der Waals surface area contributed by atoms with Gasteiger partial charge in [-0.2, -0.15) is 4.57 Å². The first-order valence-electron chi connectivity index (χ1n) is 11.8. The summed E-state index contributed by atoms with van der Waals surface area (Å²) < 4.78 is 8.61. The summed E-state index contributed by atoms with van der Waals surface area (Å²) >= 11 is 0. The molecule has 0 radical (unpaired) electrons. The van der Waals surface area contributed by atoms with Gasteiger partial charge < -0.3 is 4.42 Å². The second kappa shape index (κ2) is 6.63. The highest BCUT2D eigenvalue weighted by molar-refractivity contribution is 5.72. The zero-order valence-corrected chi connectivity index (χ0v) is 20.0. The Hall–Kier alpha value is -3.27. The summed E-state index contributed by atoms with van der Waals surface area (Å²) in [7, 11) is 0. The van der Waals surface area contributed by atoms with Crippen LogP contribution in [0.1, 0.15) is 58.6 Å². The summed E-state index contributed by atoms with van der Waals surface area (Å²) in [6.07, 6.45) is 4.63. The van der Waals surface area contributed by atoms with E-state index in [9.17, 15) is 0 Å². The van der Waals surface area contributed by atoms with Gasteiger partial charge >= 0.3 is 0 Å². The molecule has 1 saturated carbocycles. The Morgan fingerprint density at radius 2 is 1.55 bits per heavy atom. The predicted molar refractivity (Wildman–Crippen MR) is 130 cm³/mol. The Labute approximate surface area is 195 Å². The van der Waals surface area contributed by atoms with Gasteiger partial charge in [0, 0.05) is 36.6 Å². The molecule has 33 heavy (non-hydrogen) atoms. The molecule has 0 saturated heterocycles. The van der Waals surface area contributed by atoms with Gasteiger partial charge in [-0.1, -0.05) is 39.0 Å². The van der Waals surface area contributed by atoms with Crippen LogP contribution in [0.2, 0.25) is 0 Å². The normalized spacial score (nSPS) is 23.3. The highest BCUT2D eigenvalue weighted by Gasteiger charge is 2.64. The van der Waals surface area contributed by atoms with Crippen LogP contribution in [0.4, 0.5) is 0 Å². The third-order valence-corrected chi connectivity index (χ3v) is 8.25. The fourth-order valence-electron chi connectivity index (χ4n) is 5.71. The van der Waals surface area contributed by atoms with E-state index in [2.05, 4.69) is 116 Å². The van der Waals surface area contributed by atoms with E-state index in [1.165, 1.54) is 35.2 Å². The third kappa shape index (κ3) is 2.79. The maximum absolute atomic E-state index is 6.14. The van der Waals surface area contributed by atoms with Crippen molar-refractivity contribution >= 4 is 0 Å². The van der Waals surface area contributed by atoms with Crippen LogP contribution in [0, 0.1) is 0 Å². The van der Waals surface area contributed by atoms with Crippen LogP contribution < -0.4 is 4.57 Å². The molecule has 4 heteroatoms. The molecule has 0 bridgehead atoms.